The summed E-state index contributed by atoms with van der Waals surface area (Å²) in [5.41, 5.74) is 1.49. The normalized spacial score (nSPS) is 25.6. The molecule has 0 aliphatic heterocycles. The van der Waals surface area contributed by atoms with E-state index >= 15 is 0 Å². The molecule has 0 aromatic carbocycles. The first-order chi connectivity index (χ1) is 9.50. The van der Waals surface area contributed by atoms with Gasteiger partial charge in [0.1, 0.15) is 0 Å². The van der Waals surface area contributed by atoms with Gasteiger partial charge in [0.05, 0.1) is 0 Å². The molecular weight excluding hydrogens is 266 g/mol. The fourth-order valence-electron chi connectivity index (χ4n) is 2.83. The molecule has 1 saturated carbocycles. The second-order valence-corrected chi connectivity index (χ2v) is 7.81. The molecule has 0 bridgehead atoms. The van der Waals surface area contributed by atoms with E-state index < -0.39 is 0 Å². The minimum Gasteiger partial charge on any atom is -0.313 e. The fraction of sp³-hybridized carbons (Fsp3) is 0.750. The molecule has 1 aromatic heterocycles. The summed E-state index contributed by atoms with van der Waals surface area (Å²) in [6.07, 6.45) is 6.86. The average Bonchev–Trinajstić information content (AvgIpc) is 2.37. The smallest absolute Gasteiger partial charge is 0.188 e. The highest BCUT2D eigenvalue weighted by Crippen LogP contribution is 2.41. The van der Waals surface area contributed by atoms with Crippen molar-refractivity contribution in [1.29, 1.82) is 0 Å². The van der Waals surface area contributed by atoms with Crippen LogP contribution in [0.25, 0.3) is 0 Å². The van der Waals surface area contributed by atoms with Crippen LogP contribution in [0.4, 0.5) is 0 Å². The van der Waals surface area contributed by atoms with Gasteiger partial charge in [-0.1, -0.05) is 32.5 Å². The van der Waals surface area contributed by atoms with Gasteiger partial charge in [0.2, 0.25) is 0 Å². The van der Waals surface area contributed by atoms with Gasteiger partial charge in [-0.05, 0) is 50.6 Å². The standard InChI is InChI=1S/C16H27N3S/c1-5-9-17-13-6-8-16(3,4)11-14(13)20-15-18-10-7-12(2)19-15/h7,10,13-14,17H,5-6,8-9,11H2,1-4H3. The molecule has 1 aromatic rings. The van der Waals surface area contributed by atoms with E-state index in [9.17, 15) is 0 Å². The van der Waals surface area contributed by atoms with Crippen LogP contribution in [0.3, 0.4) is 0 Å². The fourth-order valence-corrected chi connectivity index (χ4v) is 4.35. The first-order valence-corrected chi connectivity index (χ1v) is 8.58. The molecule has 2 rings (SSSR count). The van der Waals surface area contributed by atoms with E-state index in [4.69, 9.17) is 0 Å². The summed E-state index contributed by atoms with van der Waals surface area (Å²) in [7, 11) is 0. The Labute approximate surface area is 127 Å². The van der Waals surface area contributed by atoms with Crippen LogP contribution in [-0.2, 0) is 0 Å². The Kier molecular flexibility index (Phi) is 5.44. The molecule has 2 atom stereocenters. The predicted octanol–water partition coefficient (Wildman–Crippen LogP) is 3.82. The van der Waals surface area contributed by atoms with Crippen molar-refractivity contribution in [1.82, 2.24) is 15.3 Å². The van der Waals surface area contributed by atoms with Gasteiger partial charge in [0.25, 0.3) is 0 Å². The van der Waals surface area contributed by atoms with Crippen LogP contribution >= 0.6 is 11.8 Å². The average molecular weight is 293 g/mol. The summed E-state index contributed by atoms with van der Waals surface area (Å²) >= 11 is 1.85. The van der Waals surface area contributed by atoms with Gasteiger partial charge in [0, 0.05) is 23.2 Å². The summed E-state index contributed by atoms with van der Waals surface area (Å²) < 4.78 is 0. The number of aromatic nitrogens is 2. The molecule has 2 unspecified atom stereocenters. The predicted molar refractivity (Wildman–Crippen MR) is 86.1 cm³/mol. The Balaban J connectivity index is 2.06. The maximum atomic E-state index is 4.55. The van der Waals surface area contributed by atoms with Crippen LogP contribution in [0.5, 0.6) is 0 Å². The quantitative estimate of drug-likeness (QED) is 0.837. The van der Waals surface area contributed by atoms with Crippen molar-refractivity contribution in [3.8, 4) is 0 Å². The zero-order valence-electron chi connectivity index (χ0n) is 13.1. The molecular formula is C16H27N3S. The Morgan fingerprint density at radius 2 is 2.25 bits per heavy atom. The summed E-state index contributed by atoms with van der Waals surface area (Å²) in [6.45, 7) is 10.1. The third kappa shape index (κ3) is 4.45. The molecule has 1 aliphatic carbocycles. The largest absolute Gasteiger partial charge is 0.313 e. The number of nitrogens with one attached hydrogen (secondary N) is 1. The van der Waals surface area contributed by atoms with E-state index in [0.29, 0.717) is 16.7 Å². The monoisotopic (exact) mass is 293 g/mol. The SMILES string of the molecule is CCCNC1CCC(C)(C)CC1Sc1nccc(C)n1. The second-order valence-electron chi connectivity index (χ2n) is 6.60. The number of nitrogens with zero attached hydrogens (tertiary/aromatic N) is 2. The van der Waals surface area contributed by atoms with Crippen molar-refractivity contribution in [2.24, 2.45) is 5.41 Å². The van der Waals surface area contributed by atoms with Crippen molar-refractivity contribution in [2.75, 3.05) is 6.54 Å². The van der Waals surface area contributed by atoms with Crippen LogP contribution in [0, 0.1) is 12.3 Å². The van der Waals surface area contributed by atoms with Crippen molar-refractivity contribution in [2.45, 2.75) is 69.8 Å². The molecule has 0 saturated heterocycles. The van der Waals surface area contributed by atoms with Crippen molar-refractivity contribution >= 4 is 11.8 Å². The highest BCUT2D eigenvalue weighted by Gasteiger charge is 2.35. The van der Waals surface area contributed by atoms with E-state index in [-0.39, 0.29) is 0 Å². The highest BCUT2D eigenvalue weighted by atomic mass is 32.2. The highest BCUT2D eigenvalue weighted by molar-refractivity contribution is 7.99. The Hall–Kier alpha value is -0.610. The molecule has 0 amide bonds. The van der Waals surface area contributed by atoms with E-state index in [2.05, 4.69) is 36.1 Å². The van der Waals surface area contributed by atoms with Gasteiger partial charge in [-0.15, -0.1) is 0 Å². The number of hydrogen-bond donors (Lipinski definition) is 1. The number of hydrogen-bond acceptors (Lipinski definition) is 4. The molecule has 3 nitrogen and oxygen atoms in total. The third-order valence-corrected chi connectivity index (χ3v) is 5.23. The topological polar surface area (TPSA) is 37.8 Å². The van der Waals surface area contributed by atoms with Crippen LogP contribution in [0.1, 0.15) is 52.1 Å². The van der Waals surface area contributed by atoms with Crippen molar-refractivity contribution in [3.05, 3.63) is 18.0 Å². The first kappa shape index (κ1) is 15.8. The second kappa shape index (κ2) is 6.90. The van der Waals surface area contributed by atoms with E-state index in [0.717, 1.165) is 17.4 Å². The Bertz CT molecular complexity index is 433. The lowest BCUT2D eigenvalue weighted by atomic mass is 9.75. The molecule has 112 valence electrons. The van der Waals surface area contributed by atoms with Crippen LogP contribution in [0.2, 0.25) is 0 Å². The van der Waals surface area contributed by atoms with E-state index in [1.165, 1.54) is 25.7 Å². The number of aryl methyl sites for hydroxylation is 1. The lowest BCUT2D eigenvalue weighted by molar-refractivity contribution is 0.214. The maximum absolute atomic E-state index is 4.55. The van der Waals surface area contributed by atoms with Gasteiger partial charge in [-0.25, -0.2) is 9.97 Å². The zero-order chi connectivity index (χ0) is 14.6. The molecule has 0 spiro atoms. The number of thioether (sulfide) groups is 1. The van der Waals surface area contributed by atoms with Crippen molar-refractivity contribution in [3.63, 3.8) is 0 Å². The van der Waals surface area contributed by atoms with Gasteiger partial charge in [0.15, 0.2) is 5.16 Å². The summed E-state index contributed by atoms with van der Waals surface area (Å²) in [5.74, 6) is 0. The third-order valence-electron chi connectivity index (χ3n) is 4.02. The summed E-state index contributed by atoms with van der Waals surface area (Å²) in [5, 5.41) is 5.22. The first-order valence-electron chi connectivity index (χ1n) is 7.70. The van der Waals surface area contributed by atoms with Crippen LogP contribution in [-0.4, -0.2) is 27.8 Å². The van der Waals surface area contributed by atoms with Gasteiger partial charge >= 0.3 is 0 Å². The lowest BCUT2D eigenvalue weighted by Gasteiger charge is -2.40. The summed E-state index contributed by atoms with van der Waals surface area (Å²) in [4.78, 5) is 8.97. The molecule has 1 N–H and O–H groups in total. The van der Waals surface area contributed by atoms with E-state index in [1.807, 2.05) is 30.9 Å². The number of rotatable bonds is 5. The molecule has 1 heterocycles. The van der Waals surface area contributed by atoms with Crippen LogP contribution < -0.4 is 5.32 Å². The minimum atomic E-state index is 0.436. The minimum absolute atomic E-state index is 0.436. The van der Waals surface area contributed by atoms with Gasteiger partial charge in [-0.2, -0.15) is 0 Å². The van der Waals surface area contributed by atoms with E-state index in [1.54, 1.807) is 0 Å². The van der Waals surface area contributed by atoms with Crippen LogP contribution in [0.15, 0.2) is 17.4 Å². The lowest BCUT2D eigenvalue weighted by Crippen LogP contribution is -2.45. The Morgan fingerprint density at radius 1 is 1.45 bits per heavy atom. The van der Waals surface area contributed by atoms with Gasteiger partial charge in [-0.3, -0.25) is 0 Å². The maximum Gasteiger partial charge on any atom is 0.188 e. The van der Waals surface area contributed by atoms with Gasteiger partial charge < -0.3 is 5.32 Å². The summed E-state index contributed by atoms with van der Waals surface area (Å²) in [6, 6.07) is 2.55. The zero-order valence-corrected chi connectivity index (χ0v) is 14.0. The Morgan fingerprint density at radius 3 is 2.95 bits per heavy atom. The molecule has 4 heteroatoms. The molecule has 20 heavy (non-hydrogen) atoms. The molecule has 1 aliphatic rings. The molecule has 1 fully saturated rings. The molecule has 0 radical (unpaired) electrons. The van der Waals surface area contributed by atoms with Crippen molar-refractivity contribution < 1.29 is 0 Å².